The molecule has 0 saturated carbocycles. The molecule has 0 spiro atoms. The second kappa shape index (κ2) is 6.24. The Morgan fingerprint density at radius 2 is 2.04 bits per heavy atom. The van der Waals surface area contributed by atoms with Crippen LogP contribution in [-0.4, -0.2) is 32.5 Å². The third-order valence-corrected chi connectivity index (χ3v) is 4.71. The van der Waals surface area contributed by atoms with Gasteiger partial charge < -0.3 is 18.9 Å². The van der Waals surface area contributed by atoms with Crippen molar-refractivity contribution in [1.82, 2.24) is 4.90 Å². The van der Waals surface area contributed by atoms with Gasteiger partial charge in [0.25, 0.3) is 0 Å². The predicted molar refractivity (Wildman–Crippen MR) is 89.9 cm³/mol. The Balaban J connectivity index is 1.53. The second-order valence-electron chi connectivity index (χ2n) is 6.08. The molecule has 0 unspecified atom stereocenters. The van der Waals surface area contributed by atoms with Crippen LogP contribution in [0.25, 0.3) is 0 Å². The van der Waals surface area contributed by atoms with Crippen LogP contribution in [0.3, 0.4) is 0 Å². The average molecular weight is 327 g/mol. The van der Waals surface area contributed by atoms with Crippen LogP contribution >= 0.6 is 0 Å². The maximum Gasteiger partial charge on any atom is 0.231 e. The maximum absolute atomic E-state index is 5.52. The number of benzene rings is 2. The number of hydrogen-bond donors (Lipinski definition) is 0. The van der Waals surface area contributed by atoms with Crippen LogP contribution in [0, 0.1) is 0 Å². The van der Waals surface area contributed by atoms with Crippen molar-refractivity contribution in [2.24, 2.45) is 0 Å². The number of ether oxygens (including phenoxy) is 4. The first-order valence-corrected chi connectivity index (χ1v) is 8.13. The zero-order chi connectivity index (χ0) is 16.5. The number of hydrogen-bond acceptors (Lipinski definition) is 5. The van der Waals surface area contributed by atoms with Gasteiger partial charge >= 0.3 is 0 Å². The lowest BCUT2D eigenvalue weighted by molar-refractivity contribution is 0.0816. The summed E-state index contributed by atoms with van der Waals surface area (Å²) in [6, 6.07) is 12.8. The van der Waals surface area contributed by atoms with E-state index in [1.165, 1.54) is 11.1 Å². The number of fused-ring (bicyclic) bond motifs is 1. The van der Waals surface area contributed by atoms with Crippen LogP contribution in [0.5, 0.6) is 23.0 Å². The molecule has 1 saturated heterocycles. The van der Waals surface area contributed by atoms with Crippen molar-refractivity contribution in [3.63, 3.8) is 0 Å². The van der Waals surface area contributed by atoms with Gasteiger partial charge in [-0.25, -0.2) is 0 Å². The monoisotopic (exact) mass is 327 g/mol. The van der Waals surface area contributed by atoms with Crippen LogP contribution in [0.1, 0.15) is 23.6 Å². The summed E-state index contributed by atoms with van der Waals surface area (Å²) in [4.78, 5) is 2.45. The molecule has 1 fully saturated rings. The van der Waals surface area contributed by atoms with E-state index in [9.17, 15) is 0 Å². The van der Waals surface area contributed by atoms with Gasteiger partial charge in [-0.15, -0.1) is 0 Å². The van der Waals surface area contributed by atoms with Crippen molar-refractivity contribution in [3.05, 3.63) is 47.5 Å². The summed E-state index contributed by atoms with van der Waals surface area (Å²) in [6.45, 7) is 2.19. The second-order valence-corrected chi connectivity index (χ2v) is 6.08. The van der Waals surface area contributed by atoms with E-state index in [1.807, 2.05) is 24.3 Å². The van der Waals surface area contributed by atoms with E-state index in [2.05, 4.69) is 17.0 Å². The lowest BCUT2D eigenvalue weighted by atomic mass is 9.93. The number of likely N-dealkylation sites (tertiary alicyclic amines) is 1. The first-order valence-electron chi connectivity index (χ1n) is 8.13. The van der Waals surface area contributed by atoms with Crippen molar-refractivity contribution in [1.29, 1.82) is 0 Å². The molecule has 2 aliphatic rings. The van der Waals surface area contributed by atoms with Gasteiger partial charge in [0.2, 0.25) is 12.5 Å². The highest BCUT2D eigenvalue weighted by Gasteiger charge is 2.30. The normalized spacial score (nSPS) is 19.0. The third kappa shape index (κ3) is 2.65. The highest BCUT2D eigenvalue weighted by Crippen LogP contribution is 2.43. The van der Waals surface area contributed by atoms with Crippen LogP contribution in [0.2, 0.25) is 0 Å². The molecule has 0 aromatic heterocycles. The molecule has 126 valence electrons. The van der Waals surface area contributed by atoms with E-state index >= 15 is 0 Å². The zero-order valence-corrected chi connectivity index (χ0v) is 14.0. The largest absolute Gasteiger partial charge is 0.497 e. The van der Waals surface area contributed by atoms with Crippen molar-refractivity contribution < 1.29 is 18.9 Å². The minimum atomic E-state index is 0.255. The maximum atomic E-state index is 5.52. The summed E-state index contributed by atoms with van der Waals surface area (Å²) < 4.78 is 21.8. The molecule has 0 N–H and O–H groups in total. The molecule has 5 nitrogen and oxygen atoms in total. The highest BCUT2D eigenvalue weighted by atomic mass is 16.7. The van der Waals surface area contributed by atoms with Gasteiger partial charge in [-0.1, -0.05) is 12.1 Å². The van der Waals surface area contributed by atoms with E-state index in [-0.39, 0.29) is 6.79 Å². The molecule has 2 heterocycles. The number of nitrogens with zero attached hydrogens (tertiary/aromatic N) is 1. The lowest BCUT2D eigenvalue weighted by Crippen LogP contribution is -2.40. The van der Waals surface area contributed by atoms with Gasteiger partial charge in [-0.05, 0) is 41.8 Å². The van der Waals surface area contributed by atoms with Crippen LogP contribution in [0.4, 0.5) is 0 Å². The van der Waals surface area contributed by atoms with Crippen molar-refractivity contribution in [2.45, 2.75) is 19.0 Å². The number of methoxy groups -OCH3 is 2. The molecule has 2 aromatic rings. The van der Waals surface area contributed by atoms with Gasteiger partial charge in [-0.3, -0.25) is 4.90 Å². The fourth-order valence-corrected chi connectivity index (χ4v) is 3.37. The summed E-state index contributed by atoms with van der Waals surface area (Å²) in [5.41, 5.74) is 2.47. The van der Waals surface area contributed by atoms with Gasteiger partial charge in [-0.2, -0.15) is 0 Å². The molecule has 0 amide bonds. The third-order valence-electron chi connectivity index (χ3n) is 4.71. The van der Waals surface area contributed by atoms with Gasteiger partial charge in [0.15, 0.2) is 11.5 Å². The molecule has 4 rings (SSSR count). The topological polar surface area (TPSA) is 40.2 Å². The zero-order valence-electron chi connectivity index (χ0n) is 14.0. The van der Waals surface area contributed by atoms with Crippen LogP contribution in [-0.2, 0) is 6.54 Å². The van der Waals surface area contributed by atoms with Crippen molar-refractivity contribution in [3.8, 4) is 23.0 Å². The van der Waals surface area contributed by atoms with E-state index in [0.717, 1.165) is 36.8 Å². The van der Waals surface area contributed by atoms with Gasteiger partial charge in [0.05, 0.1) is 14.2 Å². The standard InChI is InChI=1S/C19H21NO4/c1-21-15-5-3-4-14(10-15)16-6-7-20(16)11-13-8-17(22-2)19-18(9-13)23-12-24-19/h3-5,8-10,16H,6-7,11-12H2,1-2H3/t16-/m0/s1. The first kappa shape index (κ1) is 15.1. The number of rotatable bonds is 5. The first-order chi connectivity index (χ1) is 11.8. The molecule has 2 aliphatic heterocycles. The fourth-order valence-electron chi connectivity index (χ4n) is 3.37. The predicted octanol–water partition coefficient (Wildman–Crippen LogP) is 3.38. The van der Waals surface area contributed by atoms with Gasteiger partial charge in [0, 0.05) is 19.1 Å². The molecular weight excluding hydrogens is 306 g/mol. The van der Waals surface area contributed by atoms with E-state index in [0.29, 0.717) is 11.8 Å². The molecule has 5 heteroatoms. The molecule has 0 bridgehead atoms. The Morgan fingerprint density at radius 3 is 2.79 bits per heavy atom. The minimum absolute atomic E-state index is 0.255. The molecule has 24 heavy (non-hydrogen) atoms. The quantitative estimate of drug-likeness (QED) is 0.842. The summed E-state index contributed by atoms with van der Waals surface area (Å²) >= 11 is 0. The fraction of sp³-hybridized carbons (Fsp3) is 0.368. The van der Waals surface area contributed by atoms with Crippen molar-refractivity contribution in [2.75, 3.05) is 27.6 Å². The summed E-state index contributed by atoms with van der Waals surface area (Å²) in [5, 5.41) is 0. The van der Waals surface area contributed by atoms with E-state index in [4.69, 9.17) is 18.9 Å². The Morgan fingerprint density at radius 1 is 1.12 bits per heavy atom. The van der Waals surface area contributed by atoms with Gasteiger partial charge in [0.1, 0.15) is 5.75 Å². The highest BCUT2D eigenvalue weighted by molar-refractivity contribution is 5.55. The van der Waals surface area contributed by atoms with Crippen LogP contribution in [0.15, 0.2) is 36.4 Å². The molecule has 1 atom stereocenters. The van der Waals surface area contributed by atoms with E-state index < -0.39 is 0 Å². The molecular formula is C19H21NO4. The Labute approximate surface area is 141 Å². The van der Waals surface area contributed by atoms with Crippen LogP contribution < -0.4 is 18.9 Å². The smallest absolute Gasteiger partial charge is 0.231 e. The Hall–Kier alpha value is -2.40. The average Bonchev–Trinajstić information content (AvgIpc) is 3.06. The summed E-state index contributed by atoms with van der Waals surface area (Å²) in [5.74, 6) is 3.11. The molecule has 0 aliphatic carbocycles. The summed E-state index contributed by atoms with van der Waals surface area (Å²) in [6.07, 6.45) is 1.16. The van der Waals surface area contributed by atoms with Crippen molar-refractivity contribution >= 4 is 0 Å². The lowest BCUT2D eigenvalue weighted by Gasteiger charge is -2.41. The Bertz CT molecular complexity index is 746. The van der Waals surface area contributed by atoms with E-state index in [1.54, 1.807) is 14.2 Å². The SMILES string of the molecule is COc1cccc([C@@H]2CCN2Cc2cc(OC)c3c(c2)OCO3)c1. The summed E-state index contributed by atoms with van der Waals surface area (Å²) in [7, 11) is 3.36. The Kier molecular flexibility index (Phi) is 3.94. The molecule has 2 aromatic carbocycles. The minimum Gasteiger partial charge on any atom is -0.497 e. The molecule has 0 radical (unpaired) electrons.